The number of oxime groups is 1. The van der Waals surface area contributed by atoms with Crippen molar-refractivity contribution in [2.45, 2.75) is 32.3 Å². The predicted octanol–water partition coefficient (Wildman–Crippen LogP) is 2.65. The molecule has 29 heavy (non-hydrogen) atoms. The molecule has 1 aromatic rings. The largest absolute Gasteiger partial charge is 0.496 e. The second-order valence-corrected chi connectivity index (χ2v) is 7.31. The van der Waals surface area contributed by atoms with E-state index in [4.69, 9.17) is 30.6 Å². The molecule has 0 N–H and O–H groups in total. The average molecular weight is 425 g/mol. The first-order valence-corrected chi connectivity index (χ1v) is 9.96. The number of methoxy groups -OCH3 is 2. The molecule has 0 unspecified atom stereocenters. The lowest BCUT2D eigenvalue weighted by Crippen LogP contribution is -2.47. The van der Waals surface area contributed by atoms with Crippen molar-refractivity contribution in [1.82, 2.24) is 4.90 Å². The summed E-state index contributed by atoms with van der Waals surface area (Å²) in [6.07, 6.45) is 1.02. The zero-order valence-corrected chi connectivity index (χ0v) is 17.5. The Hall–Kier alpha value is -2.48. The zero-order valence-electron chi connectivity index (χ0n) is 16.8. The molecular weight excluding hydrogens is 400 g/mol. The van der Waals surface area contributed by atoms with Crippen LogP contribution in [-0.4, -0.2) is 62.5 Å². The van der Waals surface area contributed by atoms with Crippen LogP contribution in [0, 0.1) is 5.92 Å². The van der Waals surface area contributed by atoms with Crippen LogP contribution in [0.2, 0.25) is 5.02 Å². The van der Waals surface area contributed by atoms with Crippen molar-refractivity contribution in [3.8, 4) is 11.5 Å². The minimum Gasteiger partial charge on any atom is -0.496 e. The number of rotatable bonds is 6. The van der Waals surface area contributed by atoms with E-state index in [2.05, 4.69) is 5.16 Å². The van der Waals surface area contributed by atoms with Gasteiger partial charge >= 0.3 is 5.97 Å². The van der Waals surface area contributed by atoms with E-state index in [-0.39, 0.29) is 17.8 Å². The number of nitrogens with zero attached hydrogens (tertiary/aromatic N) is 2. The van der Waals surface area contributed by atoms with Gasteiger partial charge in [-0.3, -0.25) is 9.59 Å². The van der Waals surface area contributed by atoms with Crippen molar-refractivity contribution in [3.63, 3.8) is 0 Å². The molecule has 1 fully saturated rings. The molecule has 8 nitrogen and oxygen atoms in total. The third-order valence-corrected chi connectivity index (χ3v) is 5.38. The average Bonchev–Trinajstić information content (AvgIpc) is 3.23. The number of likely N-dealkylation sites (tertiary alicyclic amines) is 1. The van der Waals surface area contributed by atoms with E-state index >= 15 is 0 Å². The Balaban J connectivity index is 1.68. The summed E-state index contributed by atoms with van der Waals surface area (Å²) in [4.78, 5) is 32.0. The molecule has 2 aliphatic rings. The molecule has 0 radical (unpaired) electrons. The number of hydrogen-bond donors (Lipinski definition) is 0. The fourth-order valence-electron chi connectivity index (χ4n) is 3.59. The van der Waals surface area contributed by atoms with Gasteiger partial charge in [-0.1, -0.05) is 16.8 Å². The second kappa shape index (κ2) is 9.35. The van der Waals surface area contributed by atoms with Gasteiger partial charge in [0.2, 0.25) is 6.10 Å². The number of esters is 1. The van der Waals surface area contributed by atoms with Gasteiger partial charge < -0.3 is 23.9 Å². The van der Waals surface area contributed by atoms with Crippen LogP contribution in [0.4, 0.5) is 0 Å². The minimum absolute atomic E-state index is 0.184. The third-order valence-electron chi connectivity index (χ3n) is 5.08. The molecule has 1 aromatic carbocycles. The van der Waals surface area contributed by atoms with Crippen LogP contribution in [0.25, 0.3) is 0 Å². The summed E-state index contributed by atoms with van der Waals surface area (Å²) in [6, 6.07) is 3.36. The summed E-state index contributed by atoms with van der Waals surface area (Å²) in [7, 11) is 3.06. The summed E-state index contributed by atoms with van der Waals surface area (Å²) in [6.45, 7) is 3.03. The van der Waals surface area contributed by atoms with E-state index in [1.807, 2.05) is 0 Å². The first-order chi connectivity index (χ1) is 14.0. The Morgan fingerprint density at radius 3 is 2.72 bits per heavy atom. The first-order valence-electron chi connectivity index (χ1n) is 9.58. The van der Waals surface area contributed by atoms with Crippen LogP contribution in [0.3, 0.4) is 0 Å². The highest BCUT2D eigenvalue weighted by Crippen LogP contribution is 2.35. The van der Waals surface area contributed by atoms with Crippen molar-refractivity contribution in [2.24, 2.45) is 11.1 Å². The predicted molar refractivity (Wildman–Crippen MR) is 107 cm³/mol. The van der Waals surface area contributed by atoms with Gasteiger partial charge in [-0.25, -0.2) is 0 Å². The molecule has 9 heteroatoms. The van der Waals surface area contributed by atoms with Gasteiger partial charge in [0.25, 0.3) is 5.91 Å². The minimum atomic E-state index is -0.739. The summed E-state index contributed by atoms with van der Waals surface area (Å²) >= 11 is 6.23. The van der Waals surface area contributed by atoms with Crippen LogP contribution in [-0.2, 0) is 19.2 Å². The number of amides is 1. The molecule has 3 rings (SSSR count). The second-order valence-electron chi connectivity index (χ2n) is 6.90. The highest BCUT2D eigenvalue weighted by atomic mass is 35.5. The quantitative estimate of drug-likeness (QED) is 0.652. The van der Waals surface area contributed by atoms with E-state index in [0.717, 1.165) is 12.8 Å². The molecule has 0 aliphatic carbocycles. The molecule has 2 atom stereocenters. The normalized spacial score (nSPS) is 21.2. The standard InChI is InChI=1S/C20H25ClN2O6/c1-4-28-20(25)12-6-5-7-23(11-12)19(24)18-9-15(22-29-18)13-8-14(21)17(27-3)10-16(13)26-2/h8,10,12,18H,4-7,9,11H2,1-3H3/t12-,18+/m1/s1. The molecule has 2 aliphatic heterocycles. The van der Waals surface area contributed by atoms with Gasteiger partial charge in [0, 0.05) is 31.1 Å². The van der Waals surface area contributed by atoms with E-state index in [1.54, 1.807) is 24.0 Å². The number of benzene rings is 1. The molecule has 0 saturated carbocycles. The van der Waals surface area contributed by atoms with Crippen molar-refractivity contribution in [3.05, 3.63) is 22.7 Å². The Morgan fingerprint density at radius 1 is 1.28 bits per heavy atom. The molecule has 0 aromatic heterocycles. The summed E-state index contributed by atoms with van der Waals surface area (Å²) in [5.41, 5.74) is 1.22. The van der Waals surface area contributed by atoms with E-state index in [1.165, 1.54) is 14.2 Å². The maximum absolute atomic E-state index is 12.9. The number of ether oxygens (including phenoxy) is 3. The van der Waals surface area contributed by atoms with Crippen molar-refractivity contribution < 1.29 is 28.6 Å². The zero-order chi connectivity index (χ0) is 21.0. The fraction of sp³-hybridized carbons (Fsp3) is 0.550. The third kappa shape index (κ3) is 4.58. The van der Waals surface area contributed by atoms with E-state index in [0.29, 0.717) is 53.9 Å². The molecule has 1 saturated heterocycles. The van der Waals surface area contributed by atoms with Crippen LogP contribution in [0.15, 0.2) is 17.3 Å². The molecule has 0 spiro atoms. The maximum atomic E-state index is 12.9. The van der Waals surface area contributed by atoms with E-state index in [9.17, 15) is 9.59 Å². The van der Waals surface area contributed by atoms with Crippen molar-refractivity contribution in [2.75, 3.05) is 33.9 Å². The molecule has 2 heterocycles. The summed E-state index contributed by atoms with van der Waals surface area (Å²) in [5, 5.41) is 4.50. The van der Waals surface area contributed by atoms with E-state index < -0.39 is 6.10 Å². The number of carbonyl (C=O) groups excluding carboxylic acids is 2. The highest BCUT2D eigenvalue weighted by molar-refractivity contribution is 6.32. The van der Waals surface area contributed by atoms with Gasteiger partial charge in [-0.2, -0.15) is 0 Å². The van der Waals surface area contributed by atoms with Crippen LogP contribution < -0.4 is 9.47 Å². The van der Waals surface area contributed by atoms with Crippen LogP contribution >= 0.6 is 11.6 Å². The lowest BCUT2D eigenvalue weighted by Gasteiger charge is -2.32. The topological polar surface area (TPSA) is 86.7 Å². The number of halogens is 1. The Morgan fingerprint density at radius 2 is 2.03 bits per heavy atom. The highest BCUT2D eigenvalue weighted by Gasteiger charge is 2.37. The van der Waals surface area contributed by atoms with Gasteiger partial charge in [0.1, 0.15) is 11.5 Å². The molecule has 158 valence electrons. The Bertz CT molecular complexity index is 812. The number of piperidine rings is 1. The molecule has 1 amide bonds. The monoisotopic (exact) mass is 424 g/mol. The maximum Gasteiger partial charge on any atom is 0.310 e. The summed E-state index contributed by atoms with van der Waals surface area (Å²) < 4.78 is 15.7. The Kier molecular flexibility index (Phi) is 6.84. The number of carbonyl (C=O) groups is 2. The molecule has 0 bridgehead atoms. The first kappa shape index (κ1) is 21.2. The van der Waals surface area contributed by atoms with Crippen molar-refractivity contribution >= 4 is 29.2 Å². The van der Waals surface area contributed by atoms with Gasteiger partial charge in [0.15, 0.2) is 0 Å². The number of hydrogen-bond acceptors (Lipinski definition) is 7. The van der Waals surface area contributed by atoms with Gasteiger partial charge in [-0.15, -0.1) is 0 Å². The smallest absolute Gasteiger partial charge is 0.310 e. The Labute approximate surface area is 174 Å². The molecular formula is C20H25ClN2O6. The van der Waals surface area contributed by atoms with Crippen LogP contribution in [0.5, 0.6) is 11.5 Å². The van der Waals surface area contributed by atoms with Gasteiger partial charge in [0.05, 0.1) is 37.5 Å². The lowest BCUT2D eigenvalue weighted by molar-refractivity contribution is -0.153. The fourth-order valence-corrected chi connectivity index (χ4v) is 3.83. The SMILES string of the molecule is CCOC(=O)[C@@H]1CCCN(C(=O)[C@@H]2CC(c3cc(Cl)c(OC)cc3OC)=NO2)C1. The van der Waals surface area contributed by atoms with Crippen LogP contribution in [0.1, 0.15) is 31.7 Å². The van der Waals surface area contributed by atoms with Crippen molar-refractivity contribution in [1.29, 1.82) is 0 Å². The van der Waals surface area contributed by atoms with Gasteiger partial charge in [-0.05, 0) is 25.8 Å². The summed E-state index contributed by atoms with van der Waals surface area (Å²) in [5.74, 6) is 0.276. The lowest BCUT2D eigenvalue weighted by atomic mass is 9.97.